The predicted octanol–water partition coefficient (Wildman–Crippen LogP) is 4.18. The predicted molar refractivity (Wildman–Crippen MR) is 128 cm³/mol. The van der Waals surface area contributed by atoms with Crippen LogP contribution in [0.25, 0.3) is 11.1 Å². The fourth-order valence-electron chi connectivity index (χ4n) is 4.89. The first kappa shape index (κ1) is 23.5. The molecule has 2 N–H and O–H groups in total. The molecule has 1 saturated heterocycles. The second-order valence-corrected chi connectivity index (χ2v) is 9.02. The number of carbonyl (C=O) groups is 3. The second-order valence-electron chi connectivity index (χ2n) is 9.02. The minimum atomic E-state index is -0.900. The Hall–Kier alpha value is -3.61. The van der Waals surface area contributed by atoms with Crippen molar-refractivity contribution in [2.45, 2.75) is 38.1 Å². The van der Waals surface area contributed by atoms with E-state index >= 15 is 0 Å². The van der Waals surface area contributed by atoms with E-state index in [-0.39, 0.29) is 31.5 Å². The van der Waals surface area contributed by atoms with Gasteiger partial charge < -0.3 is 20.1 Å². The van der Waals surface area contributed by atoms with Crippen molar-refractivity contribution < 1.29 is 24.2 Å². The van der Waals surface area contributed by atoms with Gasteiger partial charge in [-0.25, -0.2) is 4.79 Å². The lowest BCUT2D eigenvalue weighted by atomic mass is 9.77. The van der Waals surface area contributed by atoms with E-state index in [0.717, 1.165) is 22.3 Å². The van der Waals surface area contributed by atoms with Crippen LogP contribution in [-0.2, 0) is 14.3 Å². The van der Waals surface area contributed by atoms with Gasteiger partial charge in [-0.1, -0.05) is 61.5 Å². The molecule has 4 rings (SSSR count). The Balaban J connectivity index is 1.40. The number of likely N-dealkylation sites (tertiary alicyclic amines) is 1. The number of rotatable bonds is 9. The number of carboxylic acid groups (broad SMARTS) is 1. The fourth-order valence-corrected chi connectivity index (χ4v) is 4.89. The number of allylic oxidation sites excluding steroid dienone is 1. The summed E-state index contributed by atoms with van der Waals surface area (Å²) in [6.07, 6.45) is 2.37. The molecule has 2 aromatic rings. The number of nitrogens with one attached hydrogen (secondary N) is 1. The third-order valence-electron chi connectivity index (χ3n) is 7.02. The molecule has 0 radical (unpaired) electrons. The van der Waals surface area contributed by atoms with Crippen molar-refractivity contribution >= 4 is 18.0 Å². The van der Waals surface area contributed by atoms with E-state index in [2.05, 4.69) is 24.0 Å². The molecular weight excluding hydrogens is 432 g/mol. The number of carbonyl (C=O) groups excluding carboxylic acids is 2. The molecule has 1 atom stereocenters. The largest absolute Gasteiger partial charge is 0.481 e. The third kappa shape index (κ3) is 4.30. The summed E-state index contributed by atoms with van der Waals surface area (Å²) in [5, 5.41) is 12.2. The van der Waals surface area contributed by atoms with Crippen molar-refractivity contribution in [3.63, 3.8) is 0 Å². The van der Waals surface area contributed by atoms with Gasteiger partial charge in [0.25, 0.3) is 0 Å². The third-order valence-corrected chi connectivity index (χ3v) is 7.02. The summed E-state index contributed by atoms with van der Waals surface area (Å²) in [6.45, 7) is 5.95. The normalized spacial score (nSPS) is 16.6. The molecule has 1 unspecified atom stereocenters. The zero-order valence-corrected chi connectivity index (χ0v) is 19.3. The molecule has 1 aliphatic heterocycles. The first-order valence-corrected chi connectivity index (χ1v) is 11.6. The first-order valence-electron chi connectivity index (χ1n) is 11.6. The molecule has 0 spiro atoms. The van der Waals surface area contributed by atoms with Gasteiger partial charge in [-0.15, -0.1) is 6.58 Å². The van der Waals surface area contributed by atoms with Crippen LogP contribution in [0.4, 0.5) is 4.79 Å². The minimum absolute atomic E-state index is 0.0726. The highest BCUT2D eigenvalue weighted by atomic mass is 16.5. The maximum absolute atomic E-state index is 13.0. The van der Waals surface area contributed by atoms with E-state index in [1.54, 1.807) is 13.0 Å². The number of fused-ring (bicyclic) bond motifs is 3. The monoisotopic (exact) mass is 462 g/mol. The van der Waals surface area contributed by atoms with Gasteiger partial charge in [0.2, 0.25) is 5.91 Å². The van der Waals surface area contributed by atoms with Gasteiger partial charge in [-0.05, 0) is 41.5 Å². The van der Waals surface area contributed by atoms with Crippen LogP contribution >= 0.6 is 0 Å². The first-order chi connectivity index (χ1) is 16.4. The SMILES string of the molecule is C=CCCC(NC(=O)OCC1c2ccccc2-c2ccccc21)C(=O)N1CC(CC)(C(=O)O)C1. The fraction of sp³-hybridized carbons (Fsp3) is 0.370. The van der Waals surface area contributed by atoms with Crippen LogP contribution < -0.4 is 5.32 Å². The van der Waals surface area contributed by atoms with E-state index in [0.29, 0.717) is 19.3 Å². The minimum Gasteiger partial charge on any atom is -0.481 e. The summed E-state index contributed by atoms with van der Waals surface area (Å²) >= 11 is 0. The Bertz CT molecular complexity index is 1060. The van der Waals surface area contributed by atoms with E-state index in [4.69, 9.17) is 4.74 Å². The molecule has 1 fully saturated rings. The van der Waals surface area contributed by atoms with Crippen LogP contribution in [0, 0.1) is 5.41 Å². The number of amides is 2. The average molecular weight is 463 g/mol. The molecule has 0 aromatic heterocycles. The van der Waals surface area contributed by atoms with Crippen molar-refractivity contribution in [2.24, 2.45) is 5.41 Å². The molecule has 1 heterocycles. The average Bonchev–Trinajstić information content (AvgIpc) is 3.13. The number of hydrogen-bond donors (Lipinski definition) is 2. The standard InChI is InChI=1S/C27H30N2O5/c1-3-5-14-23(24(30)29-16-27(4-2,17-29)25(31)32)28-26(33)34-15-22-20-12-8-6-10-18(20)19-11-7-9-13-21(19)22/h3,6-13,22-23H,1,4-5,14-17H2,2H3,(H,28,33)(H,31,32). The number of alkyl carbamates (subject to hydrolysis) is 1. The molecule has 34 heavy (non-hydrogen) atoms. The molecule has 7 heteroatoms. The molecule has 2 aliphatic rings. The van der Waals surface area contributed by atoms with Crippen LogP contribution in [-0.4, -0.2) is 53.7 Å². The van der Waals surface area contributed by atoms with Gasteiger partial charge in [0.15, 0.2) is 0 Å². The summed E-state index contributed by atoms with van der Waals surface area (Å²) < 4.78 is 5.59. The van der Waals surface area contributed by atoms with Crippen LogP contribution in [0.15, 0.2) is 61.2 Å². The van der Waals surface area contributed by atoms with Gasteiger partial charge in [0.1, 0.15) is 18.1 Å². The van der Waals surface area contributed by atoms with Crippen LogP contribution in [0.1, 0.15) is 43.2 Å². The zero-order chi connectivity index (χ0) is 24.3. The van der Waals surface area contributed by atoms with Gasteiger partial charge in [-0.2, -0.15) is 0 Å². The van der Waals surface area contributed by atoms with Crippen molar-refractivity contribution in [1.82, 2.24) is 10.2 Å². The highest BCUT2D eigenvalue weighted by molar-refractivity contribution is 5.89. The molecule has 7 nitrogen and oxygen atoms in total. The molecule has 0 saturated carbocycles. The number of hydrogen-bond acceptors (Lipinski definition) is 4. The highest BCUT2D eigenvalue weighted by Gasteiger charge is 2.51. The van der Waals surface area contributed by atoms with Gasteiger partial charge >= 0.3 is 12.1 Å². The number of benzene rings is 2. The van der Waals surface area contributed by atoms with Gasteiger partial charge in [0.05, 0.1) is 0 Å². The Labute approximate surface area is 199 Å². The molecule has 0 bridgehead atoms. The maximum atomic E-state index is 13.0. The van der Waals surface area contributed by atoms with E-state index < -0.39 is 23.5 Å². The Morgan fingerprint density at radius 2 is 1.74 bits per heavy atom. The summed E-state index contributed by atoms with van der Waals surface area (Å²) in [5.41, 5.74) is 3.60. The lowest BCUT2D eigenvalue weighted by Gasteiger charge is -2.47. The van der Waals surface area contributed by atoms with Gasteiger partial charge in [0, 0.05) is 19.0 Å². The highest BCUT2D eigenvalue weighted by Crippen LogP contribution is 2.44. The smallest absolute Gasteiger partial charge is 0.407 e. The van der Waals surface area contributed by atoms with Crippen molar-refractivity contribution in [1.29, 1.82) is 0 Å². The van der Waals surface area contributed by atoms with Crippen molar-refractivity contribution in [3.05, 3.63) is 72.3 Å². The zero-order valence-electron chi connectivity index (χ0n) is 19.3. The number of aliphatic carboxylic acids is 1. The molecule has 2 aromatic carbocycles. The Morgan fingerprint density at radius 3 is 2.26 bits per heavy atom. The van der Waals surface area contributed by atoms with Crippen molar-refractivity contribution in [2.75, 3.05) is 19.7 Å². The topological polar surface area (TPSA) is 95.9 Å². The maximum Gasteiger partial charge on any atom is 0.407 e. The Morgan fingerprint density at radius 1 is 1.15 bits per heavy atom. The van der Waals surface area contributed by atoms with Gasteiger partial charge in [-0.3, -0.25) is 9.59 Å². The van der Waals surface area contributed by atoms with E-state index in [9.17, 15) is 19.5 Å². The second kappa shape index (κ2) is 9.71. The van der Waals surface area contributed by atoms with E-state index in [1.165, 1.54) is 4.90 Å². The quantitative estimate of drug-likeness (QED) is 0.545. The summed E-state index contributed by atoms with van der Waals surface area (Å²) in [5.74, 6) is -1.26. The summed E-state index contributed by atoms with van der Waals surface area (Å²) in [7, 11) is 0. The summed E-state index contributed by atoms with van der Waals surface area (Å²) in [4.78, 5) is 38.8. The van der Waals surface area contributed by atoms with Crippen LogP contribution in [0.3, 0.4) is 0 Å². The lowest BCUT2D eigenvalue weighted by Crippen LogP contribution is -2.65. The van der Waals surface area contributed by atoms with Crippen LogP contribution in [0.2, 0.25) is 0 Å². The van der Waals surface area contributed by atoms with Crippen molar-refractivity contribution in [3.8, 4) is 11.1 Å². The Kier molecular flexibility index (Phi) is 6.72. The number of nitrogens with zero attached hydrogens (tertiary/aromatic N) is 1. The number of ether oxygens (including phenoxy) is 1. The molecule has 1 aliphatic carbocycles. The summed E-state index contributed by atoms with van der Waals surface area (Å²) in [6, 6.07) is 15.4. The van der Waals surface area contributed by atoms with Crippen LogP contribution in [0.5, 0.6) is 0 Å². The molecule has 178 valence electrons. The number of carboxylic acids is 1. The molecular formula is C27H30N2O5. The lowest BCUT2D eigenvalue weighted by molar-refractivity contribution is -0.167. The van der Waals surface area contributed by atoms with E-state index in [1.807, 2.05) is 36.4 Å². The molecule has 2 amide bonds.